The summed E-state index contributed by atoms with van der Waals surface area (Å²) >= 11 is 0. The summed E-state index contributed by atoms with van der Waals surface area (Å²) in [6, 6.07) is 2.28. The van der Waals surface area contributed by atoms with Gasteiger partial charge in [-0.05, 0) is 0 Å². The summed E-state index contributed by atoms with van der Waals surface area (Å²) in [6.45, 7) is 25.5. The minimum Gasteiger partial charge on any atom is -0.676 e. The number of hydrogen-bond acceptors (Lipinski definition) is 0. The van der Waals surface area contributed by atoms with Crippen LogP contribution in [0.15, 0.2) is 0 Å². The molecular formula is C22H48CoN4-4. The standard InChI is InChI=1S/C13H28N2.C9H20N2.Co/c1-7-12(14-10(3)4)9-13(8-2)15-11(5)6;1-7(2)10-8(3)11-9(4,5)6;/h10-13H,7-9H2,1-6H3;7-8H,1-6H3;/q2*-2;. The first-order valence-corrected chi connectivity index (χ1v) is 10.6. The minimum atomic E-state index is 0. The topological polar surface area (TPSA) is 56.4 Å². The summed E-state index contributed by atoms with van der Waals surface area (Å²) in [7, 11) is 0. The van der Waals surface area contributed by atoms with Crippen LogP contribution in [0.5, 0.6) is 0 Å². The van der Waals surface area contributed by atoms with Crippen molar-refractivity contribution >= 4 is 0 Å². The molecule has 0 fully saturated rings. The Morgan fingerprint density at radius 1 is 0.630 bits per heavy atom. The number of nitrogens with zero attached hydrogens (tertiary/aromatic N) is 4. The summed E-state index contributed by atoms with van der Waals surface area (Å²) in [5, 5.41) is 18.3. The van der Waals surface area contributed by atoms with Crippen molar-refractivity contribution in [1.82, 2.24) is 0 Å². The van der Waals surface area contributed by atoms with E-state index in [1.165, 1.54) is 0 Å². The van der Waals surface area contributed by atoms with Gasteiger partial charge in [0.15, 0.2) is 0 Å². The van der Waals surface area contributed by atoms with Gasteiger partial charge in [-0.3, -0.25) is 0 Å². The van der Waals surface area contributed by atoms with Gasteiger partial charge in [0, 0.05) is 16.8 Å². The van der Waals surface area contributed by atoms with Crippen LogP contribution in [0.4, 0.5) is 0 Å². The Hall–Kier alpha value is 0.346. The summed E-state index contributed by atoms with van der Waals surface area (Å²) in [6.07, 6.45) is 3.54. The quantitative estimate of drug-likeness (QED) is 0.323. The molecule has 0 saturated heterocycles. The van der Waals surface area contributed by atoms with E-state index < -0.39 is 0 Å². The first-order valence-electron chi connectivity index (χ1n) is 10.6. The summed E-state index contributed by atoms with van der Waals surface area (Å²) < 4.78 is 0. The minimum absolute atomic E-state index is 0. The first kappa shape index (κ1) is 32.0. The smallest absolute Gasteiger partial charge is 0 e. The SMILES string of the molecule is CC(C)[N-]C(C)[N-]C(C)(C)C.CCC(CC(CC)[N-]C(C)C)[N-]C(C)C.[Co]. The van der Waals surface area contributed by atoms with Crippen molar-refractivity contribution in [3.05, 3.63) is 21.3 Å². The van der Waals surface area contributed by atoms with Crippen molar-refractivity contribution in [3.63, 3.8) is 0 Å². The molecule has 169 valence electrons. The van der Waals surface area contributed by atoms with Gasteiger partial charge in [-0.2, -0.15) is 0 Å². The van der Waals surface area contributed by atoms with Crippen molar-refractivity contribution in [2.24, 2.45) is 0 Å². The molecule has 0 aromatic carbocycles. The molecule has 5 heteroatoms. The molecule has 0 saturated carbocycles. The fourth-order valence-electron chi connectivity index (χ4n) is 2.85. The van der Waals surface area contributed by atoms with Gasteiger partial charge in [-0.1, -0.05) is 95.4 Å². The molecule has 27 heavy (non-hydrogen) atoms. The fourth-order valence-corrected chi connectivity index (χ4v) is 2.85. The molecule has 0 aromatic rings. The van der Waals surface area contributed by atoms with Gasteiger partial charge in [-0.25, -0.2) is 6.17 Å². The zero-order valence-electron chi connectivity index (χ0n) is 20.2. The first-order chi connectivity index (χ1) is 11.8. The van der Waals surface area contributed by atoms with Crippen molar-refractivity contribution in [3.8, 4) is 0 Å². The molecule has 4 nitrogen and oxygen atoms in total. The number of hydrogen-bond donors (Lipinski definition) is 0. The second-order valence-corrected chi connectivity index (χ2v) is 9.02. The molecule has 0 heterocycles. The average Bonchev–Trinajstić information content (AvgIpc) is 2.42. The molecule has 0 aliphatic rings. The second-order valence-electron chi connectivity index (χ2n) is 9.02. The Morgan fingerprint density at radius 2 is 0.963 bits per heavy atom. The van der Waals surface area contributed by atoms with E-state index in [9.17, 15) is 0 Å². The van der Waals surface area contributed by atoms with Crippen LogP contribution in [0.25, 0.3) is 21.3 Å². The molecule has 3 atom stereocenters. The zero-order valence-corrected chi connectivity index (χ0v) is 21.2. The predicted molar refractivity (Wildman–Crippen MR) is 121 cm³/mol. The van der Waals surface area contributed by atoms with Crippen LogP contribution in [0.2, 0.25) is 0 Å². The van der Waals surface area contributed by atoms with E-state index in [4.69, 9.17) is 10.6 Å². The van der Waals surface area contributed by atoms with Crippen molar-refractivity contribution < 1.29 is 16.8 Å². The second kappa shape index (κ2) is 17.2. The maximum atomic E-state index is 4.73. The van der Waals surface area contributed by atoms with Gasteiger partial charge in [-0.15, -0.1) is 42.7 Å². The normalized spacial score (nSPS) is 15.2. The molecular weight excluding hydrogens is 379 g/mol. The van der Waals surface area contributed by atoms with Crippen LogP contribution < -0.4 is 0 Å². The van der Waals surface area contributed by atoms with Crippen LogP contribution >= 0.6 is 0 Å². The van der Waals surface area contributed by atoms with Crippen molar-refractivity contribution in [2.45, 2.75) is 144 Å². The Balaban J connectivity index is -0.000000430. The molecule has 0 amide bonds. The average molecular weight is 428 g/mol. The van der Waals surface area contributed by atoms with E-state index >= 15 is 0 Å². The predicted octanol–water partition coefficient (Wildman–Crippen LogP) is 7.78. The monoisotopic (exact) mass is 427 g/mol. The molecule has 0 aromatic heterocycles. The van der Waals surface area contributed by atoms with E-state index in [-0.39, 0.29) is 28.5 Å². The van der Waals surface area contributed by atoms with Crippen molar-refractivity contribution in [1.29, 1.82) is 0 Å². The van der Waals surface area contributed by atoms with Gasteiger partial charge < -0.3 is 21.3 Å². The van der Waals surface area contributed by atoms with E-state index in [0.717, 1.165) is 19.3 Å². The van der Waals surface area contributed by atoms with Crippen molar-refractivity contribution in [2.75, 3.05) is 0 Å². The molecule has 0 aliphatic carbocycles. The third kappa shape index (κ3) is 24.3. The van der Waals surface area contributed by atoms with Gasteiger partial charge >= 0.3 is 0 Å². The third-order valence-electron chi connectivity index (χ3n) is 3.59. The molecule has 3 unspecified atom stereocenters. The largest absolute Gasteiger partial charge is 0.676 e. The molecule has 0 N–H and O–H groups in total. The van der Waals surface area contributed by atoms with Crippen LogP contribution in [-0.2, 0) is 16.8 Å². The van der Waals surface area contributed by atoms with Crippen LogP contribution in [0.3, 0.4) is 0 Å². The maximum Gasteiger partial charge on any atom is 0 e. The van der Waals surface area contributed by atoms with E-state index in [1.807, 2.05) is 6.92 Å². The van der Waals surface area contributed by atoms with Gasteiger partial charge in [0.1, 0.15) is 0 Å². The Bertz CT molecular complexity index is 298. The Morgan fingerprint density at radius 3 is 1.19 bits per heavy atom. The van der Waals surface area contributed by atoms with Gasteiger partial charge in [0.25, 0.3) is 0 Å². The fraction of sp³-hybridized carbons (Fsp3) is 1.00. The maximum absolute atomic E-state index is 4.73. The Labute approximate surface area is 182 Å². The number of rotatable bonds is 11. The Kier molecular flexibility index (Phi) is 20.4. The summed E-state index contributed by atoms with van der Waals surface area (Å²) in [4.78, 5) is 0. The summed E-state index contributed by atoms with van der Waals surface area (Å²) in [5.74, 6) is 0. The molecule has 0 rings (SSSR count). The van der Waals surface area contributed by atoms with Crippen LogP contribution in [0.1, 0.15) is 102 Å². The van der Waals surface area contributed by atoms with E-state index in [0.29, 0.717) is 30.2 Å². The third-order valence-corrected chi connectivity index (χ3v) is 3.59. The van der Waals surface area contributed by atoms with E-state index in [2.05, 4.69) is 86.8 Å². The molecule has 0 bridgehead atoms. The molecule has 0 spiro atoms. The van der Waals surface area contributed by atoms with E-state index in [1.54, 1.807) is 0 Å². The van der Waals surface area contributed by atoms with Gasteiger partial charge in [0.05, 0.1) is 0 Å². The zero-order chi connectivity index (χ0) is 20.9. The van der Waals surface area contributed by atoms with Crippen LogP contribution in [0, 0.1) is 0 Å². The molecule has 0 aliphatic heterocycles. The van der Waals surface area contributed by atoms with Crippen LogP contribution in [-0.4, -0.2) is 41.9 Å². The molecule has 1 radical (unpaired) electrons. The summed E-state index contributed by atoms with van der Waals surface area (Å²) in [5.41, 5.74) is 0.0395. The van der Waals surface area contributed by atoms with Gasteiger partial charge in [0.2, 0.25) is 0 Å².